The fourth-order valence-electron chi connectivity index (χ4n) is 1.56. The third kappa shape index (κ3) is 2.40. The smallest absolute Gasteiger partial charge is 0.311 e. The van der Waals surface area contributed by atoms with Crippen LogP contribution in [0, 0.1) is 17.8 Å². The summed E-state index contributed by atoms with van der Waals surface area (Å²) in [4.78, 5) is 21.8. The molecule has 0 bridgehead atoms. The van der Waals surface area contributed by atoms with Crippen molar-refractivity contribution in [1.82, 2.24) is 0 Å². The van der Waals surface area contributed by atoms with Crippen molar-refractivity contribution in [3.8, 4) is 0 Å². The summed E-state index contributed by atoms with van der Waals surface area (Å²) in [7, 11) is 0. The highest BCUT2D eigenvalue weighted by Crippen LogP contribution is 2.30. The molecule has 0 amide bonds. The van der Waals surface area contributed by atoms with Gasteiger partial charge >= 0.3 is 5.97 Å². The number of aliphatic carboxylic acids is 1. The molecule has 1 aliphatic carbocycles. The molecule has 0 heterocycles. The molecule has 3 nitrogen and oxygen atoms in total. The fraction of sp³-hybridized carbons (Fsp3) is 0.556. The first-order valence-electron chi connectivity index (χ1n) is 4.13. The second-order valence-electron chi connectivity index (χ2n) is 3.37. The lowest BCUT2D eigenvalue weighted by Crippen LogP contribution is -2.30. The minimum absolute atomic E-state index is 0.212. The van der Waals surface area contributed by atoms with Gasteiger partial charge in [0.15, 0.2) is 0 Å². The monoisotopic (exact) mass is 246 g/mol. The van der Waals surface area contributed by atoms with Crippen LogP contribution >= 0.6 is 15.9 Å². The number of rotatable bonds is 2. The molecule has 0 aromatic rings. The minimum Gasteiger partial charge on any atom is -0.481 e. The molecule has 0 aliphatic heterocycles. The molecule has 3 atom stereocenters. The third-order valence-corrected chi connectivity index (χ3v) is 2.87. The second kappa shape index (κ2) is 4.05. The van der Waals surface area contributed by atoms with Crippen molar-refractivity contribution in [3.05, 3.63) is 12.2 Å². The van der Waals surface area contributed by atoms with Gasteiger partial charge in [0.05, 0.1) is 5.92 Å². The summed E-state index contributed by atoms with van der Waals surface area (Å²) in [6.07, 6.45) is 4.07. The predicted octanol–water partition coefficient (Wildman–Crippen LogP) is 1.82. The average molecular weight is 247 g/mol. The predicted molar refractivity (Wildman–Crippen MR) is 51.5 cm³/mol. The van der Waals surface area contributed by atoms with Gasteiger partial charge in [-0.2, -0.15) is 0 Å². The van der Waals surface area contributed by atoms with E-state index in [0.29, 0.717) is 6.42 Å². The molecule has 72 valence electrons. The standard InChI is InChI=1S/C9H11BrO3/c1-5-2-3-6(9(12)13)7(4-5)8(10)11/h2-3,5-7H,4H2,1H3,(H,12,13). The number of halogens is 1. The number of hydrogen-bond donors (Lipinski definition) is 1. The van der Waals surface area contributed by atoms with Gasteiger partial charge in [-0.15, -0.1) is 0 Å². The van der Waals surface area contributed by atoms with Crippen molar-refractivity contribution in [3.63, 3.8) is 0 Å². The number of hydrogen-bond acceptors (Lipinski definition) is 2. The van der Waals surface area contributed by atoms with Crippen LogP contribution in [-0.2, 0) is 9.59 Å². The summed E-state index contributed by atoms with van der Waals surface area (Å²) in [5.74, 6) is -1.73. The van der Waals surface area contributed by atoms with Crippen molar-refractivity contribution < 1.29 is 14.7 Å². The summed E-state index contributed by atoms with van der Waals surface area (Å²) in [6.45, 7) is 1.97. The average Bonchev–Trinajstić information content (AvgIpc) is 2.03. The van der Waals surface area contributed by atoms with E-state index >= 15 is 0 Å². The molecule has 4 heteroatoms. The van der Waals surface area contributed by atoms with Crippen LogP contribution < -0.4 is 0 Å². The number of carboxylic acids is 1. The Morgan fingerprint density at radius 1 is 1.46 bits per heavy atom. The maximum absolute atomic E-state index is 11.1. The van der Waals surface area contributed by atoms with E-state index < -0.39 is 17.8 Å². The minimum atomic E-state index is -0.930. The lowest BCUT2D eigenvalue weighted by Gasteiger charge is -2.24. The molecule has 0 radical (unpaired) electrons. The molecule has 0 saturated carbocycles. The van der Waals surface area contributed by atoms with E-state index in [0.717, 1.165) is 0 Å². The van der Waals surface area contributed by atoms with Crippen molar-refractivity contribution in [2.75, 3.05) is 0 Å². The van der Waals surface area contributed by atoms with E-state index in [1.54, 1.807) is 6.08 Å². The summed E-state index contributed by atoms with van der Waals surface area (Å²) in [5.41, 5.74) is 0. The van der Waals surface area contributed by atoms with Crippen LogP contribution in [0.25, 0.3) is 0 Å². The number of carbonyl (C=O) groups is 2. The van der Waals surface area contributed by atoms with E-state index in [4.69, 9.17) is 5.11 Å². The highest BCUT2D eigenvalue weighted by atomic mass is 79.9. The van der Waals surface area contributed by atoms with E-state index in [-0.39, 0.29) is 10.6 Å². The van der Waals surface area contributed by atoms with Gasteiger partial charge in [-0.05, 0) is 28.3 Å². The zero-order valence-electron chi connectivity index (χ0n) is 7.24. The van der Waals surface area contributed by atoms with Crippen molar-refractivity contribution in [1.29, 1.82) is 0 Å². The van der Waals surface area contributed by atoms with Gasteiger partial charge in [-0.3, -0.25) is 9.59 Å². The highest BCUT2D eigenvalue weighted by molar-refractivity contribution is 9.18. The Hall–Kier alpha value is -0.640. The van der Waals surface area contributed by atoms with Gasteiger partial charge in [0.25, 0.3) is 0 Å². The second-order valence-corrected chi connectivity index (χ2v) is 4.15. The Bertz CT molecular complexity index is 260. The first-order valence-corrected chi connectivity index (χ1v) is 4.92. The first-order chi connectivity index (χ1) is 6.02. The van der Waals surface area contributed by atoms with Crippen LogP contribution in [0.1, 0.15) is 13.3 Å². The summed E-state index contributed by atoms with van der Waals surface area (Å²) in [5, 5.41) is 8.82. The largest absolute Gasteiger partial charge is 0.481 e. The highest BCUT2D eigenvalue weighted by Gasteiger charge is 2.33. The topological polar surface area (TPSA) is 54.4 Å². The Labute approximate surface area is 84.9 Å². The molecule has 1 N–H and O–H groups in total. The molecule has 1 rings (SSSR count). The first kappa shape index (κ1) is 10.4. The van der Waals surface area contributed by atoms with Gasteiger partial charge in [0, 0.05) is 5.92 Å². The van der Waals surface area contributed by atoms with E-state index in [2.05, 4.69) is 15.9 Å². The number of allylic oxidation sites excluding steroid dienone is 1. The van der Waals surface area contributed by atoms with Crippen molar-refractivity contribution >= 4 is 26.6 Å². The van der Waals surface area contributed by atoms with Crippen LogP contribution in [0.3, 0.4) is 0 Å². The Kier molecular flexibility index (Phi) is 3.25. The molecular weight excluding hydrogens is 236 g/mol. The molecule has 0 saturated heterocycles. The molecule has 0 aromatic carbocycles. The summed E-state index contributed by atoms with van der Waals surface area (Å²) < 4.78 is -0.212. The van der Waals surface area contributed by atoms with E-state index in [1.807, 2.05) is 13.0 Å². The Balaban J connectivity index is 2.85. The van der Waals surface area contributed by atoms with Gasteiger partial charge in [-0.1, -0.05) is 19.1 Å². The fourth-order valence-corrected chi connectivity index (χ4v) is 2.03. The lowest BCUT2D eigenvalue weighted by atomic mass is 9.80. The van der Waals surface area contributed by atoms with E-state index in [9.17, 15) is 9.59 Å². The maximum Gasteiger partial charge on any atom is 0.311 e. The van der Waals surface area contributed by atoms with Crippen LogP contribution in [0.5, 0.6) is 0 Å². The van der Waals surface area contributed by atoms with Crippen molar-refractivity contribution in [2.24, 2.45) is 17.8 Å². The number of carbonyl (C=O) groups excluding carboxylic acids is 1. The molecule has 1 aliphatic rings. The normalized spacial score (nSPS) is 32.9. The van der Waals surface area contributed by atoms with Crippen LogP contribution in [0.2, 0.25) is 0 Å². The number of carboxylic acid groups (broad SMARTS) is 1. The lowest BCUT2D eigenvalue weighted by molar-refractivity contribution is -0.143. The molecular formula is C9H11BrO3. The van der Waals surface area contributed by atoms with Crippen LogP contribution in [-0.4, -0.2) is 15.8 Å². The Morgan fingerprint density at radius 2 is 2.08 bits per heavy atom. The molecule has 0 fully saturated rings. The van der Waals surface area contributed by atoms with Gasteiger partial charge < -0.3 is 5.11 Å². The quantitative estimate of drug-likeness (QED) is 0.598. The van der Waals surface area contributed by atoms with Crippen LogP contribution in [0.15, 0.2) is 12.2 Å². The molecule has 3 unspecified atom stereocenters. The Morgan fingerprint density at radius 3 is 2.54 bits per heavy atom. The van der Waals surface area contributed by atoms with Gasteiger partial charge in [0.2, 0.25) is 4.69 Å². The van der Waals surface area contributed by atoms with Gasteiger partial charge in [-0.25, -0.2) is 0 Å². The summed E-state index contributed by atoms with van der Waals surface area (Å²) >= 11 is 2.84. The molecule has 13 heavy (non-hydrogen) atoms. The van der Waals surface area contributed by atoms with E-state index in [1.165, 1.54) is 0 Å². The third-order valence-electron chi connectivity index (χ3n) is 2.28. The zero-order valence-corrected chi connectivity index (χ0v) is 8.82. The van der Waals surface area contributed by atoms with Crippen LogP contribution in [0.4, 0.5) is 0 Å². The van der Waals surface area contributed by atoms with Gasteiger partial charge in [0.1, 0.15) is 0 Å². The maximum atomic E-state index is 11.1. The molecule has 0 aromatic heterocycles. The zero-order chi connectivity index (χ0) is 10.0. The van der Waals surface area contributed by atoms with Crippen molar-refractivity contribution in [2.45, 2.75) is 13.3 Å². The molecule has 0 spiro atoms. The summed E-state index contributed by atoms with van der Waals surface area (Å²) in [6, 6.07) is 0. The SMILES string of the molecule is CC1C=CC(C(=O)O)C(C(=O)Br)C1.